The summed E-state index contributed by atoms with van der Waals surface area (Å²) in [5, 5.41) is 0. The average molecular weight is 338 g/mol. The predicted molar refractivity (Wildman–Crippen MR) is 100 cm³/mol. The van der Waals surface area contributed by atoms with Gasteiger partial charge in [-0.25, -0.2) is 4.98 Å². The molecule has 5 heteroatoms. The number of H-pyrrole nitrogens is 1. The van der Waals surface area contributed by atoms with Crippen molar-refractivity contribution in [3.8, 4) is 0 Å². The molecular weight excluding hydrogens is 312 g/mol. The van der Waals surface area contributed by atoms with Crippen molar-refractivity contribution in [1.29, 1.82) is 0 Å². The molecule has 0 saturated carbocycles. The number of benzene rings is 1. The summed E-state index contributed by atoms with van der Waals surface area (Å²) in [5.41, 5.74) is 3.61. The van der Waals surface area contributed by atoms with Gasteiger partial charge in [0.1, 0.15) is 5.82 Å². The van der Waals surface area contributed by atoms with Crippen LogP contribution < -0.4 is 10.5 Å². The van der Waals surface area contributed by atoms with E-state index in [1.807, 2.05) is 6.92 Å². The van der Waals surface area contributed by atoms with Crippen LogP contribution in [0.2, 0.25) is 0 Å². The lowest BCUT2D eigenvalue weighted by Gasteiger charge is -2.19. The van der Waals surface area contributed by atoms with E-state index in [0.29, 0.717) is 11.7 Å². The van der Waals surface area contributed by atoms with Gasteiger partial charge in [0.05, 0.1) is 5.69 Å². The number of nitrogens with one attached hydrogen (secondary N) is 1. The first-order chi connectivity index (χ1) is 12.2. The highest BCUT2D eigenvalue weighted by molar-refractivity contribution is 5.48. The minimum atomic E-state index is -0.0431. The van der Waals surface area contributed by atoms with E-state index in [9.17, 15) is 4.79 Å². The summed E-state index contributed by atoms with van der Waals surface area (Å²) in [7, 11) is 0. The second kappa shape index (κ2) is 7.00. The predicted octanol–water partition coefficient (Wildman–Crippen LogP) is 2.67. The van der Waals surface area contributed by atoms with Crippen LogP contribution in [0, 0.1) is 6.92 Å². The minimum absolute atomic E-state index is 0.0431. The highest BCUT2D eigenvalue weighted by Gasteiger charge is 2.25. The molecule has 0 unspecified atom stereocenters. The van der Waals surface area contributed by atoms with Gasteiger partial charge in [0.25, 0.3) is 5.56 Å². The monoisotopic (exact) mass is 338 g/mol. The maximum atomic E-state index is 11.7. The van der Waals surface area contributed by atoms with Crippen LogP contribution in [-0.4, -0.2) is 41.0 Å². The first kappa shape index (κ1) is 16.3. The van der Waals surface area contributed by atoms with Gasteiger partial charge in [-0.05, 0) is 50.4 Å². The molecule has 2 aliphatic rings. The zero-order valence-corrected chi connectivity index (χ0v) is 14.9. The van der Waals surface area contributed by atoms with E-state index in [1.165, 1.54) is 37.2 Å². The van der Waals surface area contributed by atoms with Crippen LogP contribution in [0.4, 0.5) is 5.69 Å². The highest BCUT2D eigenvalue weighted by Crippen LogP contribution is 2.27. The van der Waals surface area contributed by atoms with Gasteiger partial charge in [-0.3, -0.25) is 9.69 Å². The number of aryl methyl sites for hydroxylation is 1. The second-order valence-electron chi connectivity index (χ2n) is 7.34. The van der Waals surface area contributed by atoms with E-state index in [-0.39, 0.29) is 5.56 Å². The Hall–Kier alpha value is -2.14. The molecule has 5 nitrogen and oxygen atoms in total. The molecule has 2 aromatic rings. The fourth-order valence-electron chi connectivity index (χ4n) is 4.08. The van der Waals surface area contributed by atoms with Crippen molar-refractivity contribution in [1.82, 2.24) is 14.9 Å². The number of hydrogen-bond acceptors (Lipinski definition) is 4. The minimum Gasteiger partial charge on any atom is -0.372 e. The average Bonchev–Trinajstić information content (AvgIpc) is 3.26. The van der Waals surface area contributed by atoms with Crippen LogP contribution in [0.3, 0.4) is 0 Å². The van der Waals surface area contributed by atoms with Crippen LogP contribution in [0.1, 0.15) is 42.3 Å². The van der Waals surface area contributed by atoms with Crippen molar-refractivity contribution >= 4 is 5.69 Å². The summed E-state index contributed by atoms with van der Waals surface area (Å²) in [4.78, 5) is 23.9. The fraction of sp³-hybridized carbons (Fsp3) is 0.500. The third-order valence-electron chi connectivity index (χ3n) is 5.38. The molecule has 0 spiro atoms. The summed E-state index contributed by atoms with van der Waals surface area (Å²) in [5.74, 6) is 1.07. The molecule has 0 bridgehead atoms. The summed E-state index contributed by atoms with van der Waals surface area (Å²) < 4.78 is 0. The van der Waals surface area contributed by atoms with Crippen molar-refractivity contribution < 1.29 is 0 Å². The topological polar surface area (TPSA) is 52.2 Å². The molecule has 4 rings (SSSR count). The van der Waals surface area contributed by atoms with Crippen molar-refractivity contribution in [2.75, 3.05) is 31.1 Å². The van der Waals surface area contributed by atoms with Crippen LogP contribution in [-0.2, 0) is 6.54 Å². The second-order valence-corrected chi connectivity index (χ2v) is 7.34. The first-order valence-corrected chi connectivity index (χ1v) is 9.31. The van der Waals surface area contributed by atoms with E-state index < -0.39 is 0 Å². The molecular formula is C20H26N4O. The van der Waals surface area contributed by atoms with E-state index in [1.54, 1.807) is 6.07 Å². The summed E-state index contributed by atoms with van der Waals surface area (Å²) >= 11 is 0. The lowest BCUT2D eigenvalue weighted by Crippen LogP contribution is -2.21. The Kier molecular flexibility index (Phi) is 4.57. The molecule has 0 aliphatic carbocycles. The third kappa shape index (κ3) is 3.76. The van der Waals surface area contributed by atoms with E-state index >= 15 is 0 Å². The molecule has 2 aliphatic heterocycles. The molecule has 3 heterocycles. The number of nitrogens with zero attached hydrogens (tertiary/aromatic N) is 3. The van der Waals surface area contributed by atoms with Crippen LogP contribution in [0.5, 0.6) is 0 Å². The molecule has 0 radical (unpaired) electrons. The molecule has 2 saturated heterocycles. The Morgan fingerprint density at radius 1 is 1.16 bits per heavy atom. The van der Waals surface area contributed by atoms with Crippen molar-refractivity contribution in [2.45, 2.75) is 38.6 Å². The highest BCUT2D eigenvalue weighted by atomic mass is 16.1. The van der Waals surface area contributed by atoms with Crippen LogP contribution >= 0.6 is 0 Å². The number of hydrogen-bond donors (Lipinski definition) is 1. The SMILES string of the molecule is Cc1nc([C@H]2CCN(Cc3ccc(N4CCCC4)cc3)C2)cc(=O)[nH]1. The Morgan fingerprint density at radius 3 is 2.64 bits per heavy atom. The first-order valence-electron chi connectivity index (χ1n) is 9.31. The summed E-state index contributed by atoms with van der Waals surface area (Å²) in [6.45, 7) is 7.24. The summed E-state index contributed by atoms with van der Waals surface area (Å²) in [6, 6.07) is 10.7. The quantitative estimate of drug-likeness (QED) is 0.931. The molecule has 1 atom stereocenters. The number of aromatic nitrogens is 2. The van der Waals surface area contributed by atoms with Gasteiger partial charge in [0.15, 0.2) is 0 Å². The Balaban J connectivity index is 1.38. The largest absolute Gasteiger partial charge is 0.372 e. The fourth-order valence-corrected chi connectivity index (χ4v) is 4.08. The smallest absolute Gasteiger partial charge is 0.251 e. The molecule has 1 N–H and O–H groups in total. The van der Waals surface area contributed by atoms with Crippen LogP contribution in [0.15, 0.2) is 35.1 Å². The van der Waals surface area contributed by atoms with E-state index in [0.717, 1.165) is 31.7 Å². The third-order valence-corrected chi connectivity index (χ3v) is 5.38. The van der Waals surface area contributed by atoms with Gasteiger partial charge in [0, 0.05) is 43.9 Å². The normalized spacial score (nSPS) is 21.2. The Bertz CT molecular complexity index is 777. The Morgan fingerprint density at radius 2 is 1.92 bits per heavy atom. The van der Waals surface area contributed by atoms with Gasteiger partial charge in [-0.1, -0.05) is 12.1 Å². The number of aromatic amines is 1. The molecule has 25 heavy (non-hydrogen) atoms. The van der Waals surface area contributed by atoms with Gasteiger partial charge in [0.2, 0.25) is 0 Å². The van der Waals surface area contributed by atoms with Crippen LogP contribution in [0.25, 0.3) is 0 Å². The molecule has 0 amide bonds. The van der Waals surface area contributed by atoms with Gasteiger partial charge >= 0.3 is 0 Å². The maximum Gasteiger partial charge on any atom is 0.251 e. The lowest BCUT2D eigenvalue weighted by atomic mass is 10.0. The standard InChI is InChI=1S/C20H26N4O/c1-15-21-19(12-20(25)22-15)17-8-11-23(14-17)13-16-4-6-18(7-5-16)24-9-2-3-10-24/h4-7,12,17H,2-3,8-11,13-14H2,1H3,(H,21,22,25)/t17-/m0/s1. The Labute approximate surface area is 148 Å². The van der Waals surface area contributed by atoms with Crippen molar-refractivity contribution in [3.05, 3.63) is 57.8 Å². The van der Waals surface area contributed by atoms with Gasteiger partial charge in [-0.15, -0.1) is 0 Å². The lowest BCUT2D eigenvalue weighted by molar-refractivity contribution is 0.326. The number of anilines is 1. The van der Waals surface area contributed by atoms with E-state index in [4.69, 9.17) is 0 Å². The van der Waals surface area contributed by atoms with Gasteiger partial charge < -0.3 is 9.88 Å². The van der Waals surface area contributed by atoms with E-state index in [2.05, 4.69) is 44.0 Å². The molecule has 2 fully saturated rings. The number of likely N-dealkylation sites (tertiary alicyclic amines) is 1. The summed E-state index contributed by atoms with van der Waals surface area (Å²) in [6.07, 6.45) is 3.70. The number of rotatable bonds is 4. The zero-order valence-electron chi connectivity index (χ0n) is 14.9. The molecule has 1 aromatic heterocycles. The maximum absolute atomic E-state index is 11.7. The van der Waals surface area contributed by atoms with Gasteiger partial charge in [-0.2, -0.15) is 0 Å². The zero-order chi connectivity index (χ0) is 17.2. The van der Waals surface area contributed by atoms with Crippen molar-refractivity contribution in [3.63, 3.8) is 0 Å². The molecule has 132 valence electrons. The van der Waals surface area contributed by atoms with Crippen molar-refractivity contribution in [2.24, 2.45) is 0 Å². The molecule has 1 aromatic carbocycles.